The van der Waals surface area contributed by atoms with Crippen molar-refractivity contribution in [1.29, 1.82) is 0 Å². The Balaban J connectivity index is 1.58. The van der Waals surface area contributed by atoms with Crippen molar-refractivity contribution in [3.63, 3.8) is 0 Å². The van der Waals surface area contributed by atoms with Gasteiger partial charge in [-0.1, -0.05) is 42.0 Å². The first kappa shape index (κ1) is 18.1. The average molecular weight is 351 g/mol. The van der Waals surface area contributed by atoms with Gasteiger partial charge in [-0.3, -0.25) is 9.59 Å². The monoisotopic (exact) mass is 351 g/mol. The molecule has 3 N–H and O–H groups in total. The number of hydrogen-bond donors (Lipinski definition) is 3. The third-order valence-electron chi connectivity index (χ3n) is 4.79. The predicted octanol–water partition coefficient (Wildman–Crippen LogP) is 2.46. The summed E-state index contributed by atoms with van der Waals surface area (Å²) in [4.78, 5) is 25.0. The Bertz CT molecular complexity index is 832. The number of aryl methyl sites for hydroxylation is 2. The van der Waals surface area contributed by atoms with Crippen LogP contribution in [0.1, 0.15) is 29.2 Å². The second kappa shape index (κ2) is 7.70. The molecule has 0 bridgehead atoms. The summed E-state index contributed by atoms with van der Waals surface area (Å²) in [5.41, 5.74) is 5.32. The first-order valence-electron chi connectivity index (χ1n) is 8.92. The fraction of sp³-hybridized carbons (Fsp3) is 0.333. The van der Waals surface area contributed by atoms with Crippen LogP contribution >= 0.6 is 0 Å². The molecule has 2 aromatic carbocycles. The molecule has 5 heteroatoms. The minimum Gasteiger partial charge on any atom is -0.343 e. The maximum absolute atomic E-state index is 12.5. The molecule has 3 rings (SSSR count). The highest BCUT2D eigenvalue weighted by Crippen LogP contribution is 2.17. The van der Waals surface area contributed by atoms with Crippen LogP contribution in [0.3, 0.4) is 0 Å². The number of carbonyl (C=O) groups is 2. The molecule has 0 aromatic heterocycles. The van der Waals surface area contributed by atoms with E-state index in [9.17, 15) is 9.59 Å². The maximum atomic E-state index is 12.5. The fourth-order valence-electron chi connectivity index (χ4n) is 3.21. The van der Waals surface area contributed by atoms with Crippen LogP contribution in [0.15, 0.2) is 42.5 Å². The van der Waals surface area contributed by atoms with Gasteiger partial charge in [0.05, 0.1) is 6.04 Å². The third kappa shape index (κ3) is 4.11. The Labute approximate surface area is 154 Å². The molecular formula is C21H25N3O2. The second-order valence-corrected chi connectivity index (χ2v) is 6.94. The molecule has 1 aliphatic heterocycles. The van der Waals surface area contributed by atoms with Crippen molar-refractivity contribution >= 4 is 17.5 Å². The Morgan fingerprint density at radius 1 is 1.12 bits per heavy atom. The van der Waals surface area contributed by atoms with Crippen LogP contribution in [-0.4, -0.2) is 23.9 Å². The molecule has 0 radical (unpaired) electrons. The van der Waals surface area contributed by atoms with E-state index in [0.29, 0.717) is 13.0 Å². The van der Waals surface area contributed by atoms with E-state index in [-0.39, 0.29) is 17.9 Å². The molecule has 136 valence electrons. The van der Waals surface area contributed by atoms with Gasteiger partial charge < -0.3 is 16.0 Å². The Morgan fingerprint density at radius 3 is 2.58 bits per heavy atom. The van der Waals surface area contributed by atoms with Crippen LogP contribution in [-0.2, 0) is 22.6 Å². The maximum Gasteiger partial charge on any atom is 0.246 e. The fourth-order valence-corrected chi connectivity index (χ4v) is 3.21. The van der Waals surface area contributed by atoms with E-state index in [4.69, 9.17) is 0 Å². The van der Waals surface area contributed by atoms with Gasteiger partial charge in [0, 0.05) is 12.2 Å². The smallest absolute Gasteiger partial charge is 0.246 e. The van der Waals surface area contributed by atoms with Crippen molar-refractivity contribution < 1.29 is 9.59 Å². The lowest BCUT2D eigenvalue weighted by atomic mass is 9.95. The Hall–Kier alpha value is -2.66. The summed E-state index contributed by atoms with van der Waals surface area (Å²) in [7, 11) is 0. The number of hydrogen-bond acceptors (Lipinski definition) is 3. The van der Waals surface area contributed by atoms with E-state index in [1.807, 2.05) is 50.2 Å². The zero-order chi connectivity index (χ0) is 18.7. The lowest BCUT2D eigenvalue weighted by molar-refractivity contribution is -0.127. The van der Waals surface area contributed by atoms with E-state index >= 15 is 0 Å². The zero-order valence-electron chi connectivity index (χ0n) is 15.4. The lowest BCUT2D eigenvalue weighted by Crippen LogP contribution is -2.52. The van der Waals surface area contributed by atoms with Crippen LogP contribution in [0.5, 0.6) is 0 Å². The van der Waals surface area contributed by atoms with Gasteiger partial charge in [-0.25, -0.2) is 0 Å². The number of carbonyl (C=O) groups excluding carboxylic acids is 2. The highest BCUT2D eigenvalue weighted by atomic mass is 16.2. The van der Waals surface area contributed by atoms with Crippen molar-refractivity contribution in [2.24, 2.45) is 0 Å². The molecule has 0 spiro atoms. The van der Waals surface area contributed by atoms with Gasteiger partial charge in [-0.05, 0) is 49.9 Å². The van der Waals surface area contributed by atoms with E-state index < -0.39 is 6.04 Å². The van der Waals surface area contributed by atoms with Crippen LogP contribution in [0.4, 0.5) is 5.69 Å². The quantitative estimate of drug-likeness (QED) is 0.792. The van der Waals surface area contributed by atoms with Gasteiger partial charge in [0.25, 0.3) is 0 Å². The van der Waals surface area contributed by atoms with Crippen LogP contribution in [0.2, 0.25) is 0 Å². The van der Waals surface area contributed by atoms with E-state index in [1.54, 1.807) is 6.92 Å². The minimum atomic E-state index is -0.609. The average Bonchev–Trinajstić information content (AvgIpc) is 2.63. The van der Waals surface area contributed by atoms with Crippen molar-refractivity contribution in [2.75, 3.05) is 5.32 Å². The predicted molar refractivity (Wildman–Crippen MR) is 103 cm³/mol. The molecule has 2 atom stereocenters. The Kier molecular flexibility index (Phi) is 5.38. The van der Waals surface area contributed by atoms with Gasteiger partial charge >= 0.3 is 0 Å². The highest BCUT2D eigenvalue weighted by molar-refractivity contribution is 5.98. The Morgan fingerprint density at radius 2 is 1.85 bits per heavy atom. The van der Waals surface area contributed by atoms with Crippen molar-refractivity contribution in [1.82, 2.24) is 10.6 Å². The van der Waals surface area contributed by atoms with Crippen LogP contribution < -0.4 is 16.0 Å². The molecule has 5 nitrogen and oxygen atoms in total. The van der Waals surface area contributed by atoms with Crippen LogP contribution in [0, 0.1) is 13.8 Å². The van der Waals surface area contributed by atoms with E-state index in [2.05, 4.69) is 22.0 Å². The largest absolute Gasteiger partial charge is 0.343 e. The van der Waals surface area contributed by atoms with E-state index in [0.717, 1.165) is 16.8 Å². The first-order chi connectivity index (χ1) is 12.4. The summed E-state index contributed by atoms with van der Waals surface area (Å²) < 4.78 is 0. The molecule has 2 amide bonds. The molecule has 0 fully saturated rings. The van der Waals surface area contributed by atoms with Gasteiger partial charge in [-0.15, -0.1) is 0 Å². The molecule has 2 aromatic rings. The molecule has 0 aliphatic carbocycles. The summed E-state index contributed by atoms with van der Waals surface area (Å²) in [6.07, 6.45) is 0.632. The van der Waals surface area contributed by atoms with Crippen molar-refractivity contribution in [3.8, 4) is 0 Å². The number of amides is 2. The topological polar surface area (TPSA) is 70.2 Å². The molecule has 0 saturated heterocycles. The first-order valence-corrected chi connectivity index (χ1v) is 8.92. The van der Waals surface area contributed by atoms with Gasteiger partial charge in [0.1, 0.15) is 6.04 Å². The van der Waals surface area contributed by atoms with Crippen molar-refractivity contribution in [2.45, 2.75) is 45.8 Å². The summed E-state index contributed by atoms with van der Waals surface area (Å²) in [6, 6.07) is 13.0. The second-order valence-electron chi connectivity index (χ2n) is 6.94. The molecule has 26 heavy (non-hydrogen) atoms. The number of nitrogens with one attached hydrogen (secondary N) is 3. The molecule has 1 aliphatic rings. The number of anilines is 1. The molecule has 2 unspecified atom stereocenters. The number of fused-ring (bicyclic) bond motifs is 1. The zero-order valence-corrected chi connectivity index (χ0v) is 15.4. The summed E-state index contributed by atoms with van der Waals surface area (Å²) in [5.74, 6) is -0.371. The normalized spacial score (nSPS) is 17.1. The van der Waals surface area contributed by atoms with Crippen molar-refractivity contribution in [3.05, 3.63) is 64.7 Å². The third-order valence-corrected chi connectivity index (χ3v) is 4.79. The summed E-state index contributed by atoms with van der Waals surface area (Å²) >= 11 is 0. The SMILES string of the molecule is Cc1ccc(NC(=O)C(C)NC(=O)C2Cc3ccccc3CN2)c(C)c1. The molecular weight excluding hydrogens is 326 g/mol. The molecule has 0 saturated carbocycles. The summed E-state index contributed by atoms with van der Waals surface area (Å²) in [6.45, 7) is 6.33. The lowest BCUT2D eigenvalue weighted by Gasteiger charge is -2.26. The number of rotatable bonds is 4. The van der Waals surface area contributed by atoms with Gasteiger partial charge in [-0.2, -0.15) is 0 Å². The molecule has 1 heterocycles. The highest BCUT2D eigenvalue weighted by Gasteiger charge is 2.26. The van der Waals surface area contributed by atoms with E-state index in [1.165, 1.54) is 11.1 Å². The summed E-state index contributed by atoms with van der Waals surface area (Å²) in [5, 5.41) is 8.95. The van der Waals surface area contributed by atoms with Gasteiger partial charge in [0.2, 0.25) is 11.8 Å². The van der Waals surface area contributed by atoms with Crippen LogP contribution in [0.25, 0.3) is 0 Å². The minimum absolute atomic E-state index is 0.150. The number of benzene rings is 2. The standard InChI is InChI=1S/C21H25N3O2/c1-13-8-9-18(14(2)10-13)24-20(25)15(3)23-21(26)19-11-16-6-4-5-7-17(16)12-22-19/h4-10,15,19,22H,11-12H2,1-3H3,(H,23,26)(H,24,25). The van der Waals surface area contributed by atoms with Gasteiger partial charge in [0.15, 0.2) is 0 Å².